The third-order valence-electron chi connectivity index (χ3n) is 5.19. The van der Waals surface area contributed by atoms with Crippen molar-refractivity contribution in [1.29, 1.82) is 0 Å². The SMILES string of the molecule is COCCCN1C[C@@]2(CCCN(Cc3nnc(C)o3)C2)CCC1=O. The molecule has 1 aromatic rings. The van der Waals surface area contributed by atoms with Crippen LogP contribution in [0.1, 0.15) is 43.9 Å². The van der Waals surface area contributed by atoms with Gasteiger partial charge in [0.1, 0.15) is 0 Å². The molecule has 3 heterocycles. The van der Waals surface area contributed by atoms with Crippen LogP contribution in [0.2, 0.25) is 0 Å². The number of nitrogens with zero attached hydrogens (tertiary/aromatic N) is 4. The Hall–Kier alpha value is -1.47. The van der Waals surface area contributed by atoms with E-state index in [1.54, 1.807) is 7.11 Å². The molecule has 1 amide bonds. The predicted octanol–water partition coefficient (Wildman–Crippen LogP) is 1.62. The van der Waals surface area contributed by atoms with Crippen LogP contribution in [0.5, 0.6) is 0 Å². The van der Waals surface area contributed by atoms with E-state index in [9.17, 15) is 4.79 Å². The van der Waals surface area contributed by atoms with Crippen LogP contribution in [0.4, 0.5) is 0 Å². The number of aryl methyl sites for hydroxylation is 1. The van der Waals surface area contributed by atoms with Crippen LogP contribution in [0.25, 0.3) is 0 Å². The summed E-state index contributed by atoms with van der Waals surface area (Å²) in [4.78, 5) is 16.7. The Kier molecular flexibility index (Phi) is 5.50. The van der Waals surface area contributed by atoms with Crippen LogP contribution in [-0.4, -0.2) is 65.8 Å². The maximum atomic E-state index is 12.2. The second-order valence-electron chi connectivity index (χ2n) is 7.19. The highest BCUT2D eigenvalue weighted by molar-refractivity contribution is 5.77. The average Bonchev–Trinajstić information content (AvgIpc) is 2.96. The van der Waals surface area contributed by atoms with Crippen molar-refractivity contribution in [1.82, 2.24) is 20.0 Å². The maximum Gasteiger partial charge on any atom is 0.230 e. The first-order valence-corrected chi connectivity index (χ1v) is 8.88. The minimum atomic E-state index is 0.217. The number of carbonyl (C=O) groups excluding carboxylic acids is 1. The van der Waals surface area contributed by atoms with Crippen LogP contribution >= 0.6 is 0 Å². The van der Waals surface area contributed by atoms with E-state index in [2.05, 4.69) is 15.1 Å². The lowest BCUT2D eigenvalue weighted by atomic mass is 9.73. The standard InChI is InChI=1S/C17H28N4O3/c1-14-18-19-15(24-14)11-20-8-3-6-17(12-20)7-5-16(22)21(13-17)9-4-10-23-2/h3-13H2,1-2H3/t17-/m0/s1. The quantitative estimate of drug-likeness (QED) is 0.735. The van der Waals surface area contributed by atoms with Crippen LogP contribution < -0.4 is 0 Å². The second-order valence-corrected chi connectivity index (χ2v) is 7.19. The molecule has 0 radical (unpaired) electrons. The summed E-state index contributed by atoms with van der Waals surface area (Å²) in [5.41, 5.74) is 0.217. The zero-order valence-electron chi connectivity index (χ0n) is 14.8. The van der Waals surface area contributed by atoms with Gasteiger partial charge in [-0.3, -0.25) is 9.69 Å². The van der Waals surface area contributed by atoms with E-state index < -0.39 is 0 Å². The van der Waals surface area contributed by atoms with Gasteiger partial charge >= 0.3 is 0 Å². The molecule has 0 aromatic carbocycles. The van der Waals surface area contributed by atoms with Gasteiger partial charge in [0.05, 0.1) is 6.54 Å². The topological polar surface area (TPSA) is 71.7 Å². The molecule has 7 nitrogen and oxygen atoms in total. The van der Waals surface area contributed by atoms with Gasteiger partial charge in [-0.2, -0.15) is 0 Å². The molecule has 0 bridgehead atoms. The monoisotopic (exact) mass is 336 g/mol. The third kappa shape index (κ3) is 4.13. The molecule has 0 N–H and O–H groups in total. The Balaban J connectivity index is 1.60. The van der Waals surface area contributed by atoms with Crippen molar-refractivity contribution in [2.24, 2.45) is 5.41 Å². The molecule has 0 saturated carbocycles. The van der Waals surface area contributed by atoms with E-state index in [0.717, 1.165) is 45.4 Å². The van der Waals surface area contributed by atoms with Crippen LogP contribution in [0, 0.1) is 12.3 Å². The molecule has 2 saturated heterocycles. The summed E-state index contributed by atoms with van der Waals surface area (Å²) in [6, 6.07) is 0. The zero-order valence-corrected chi connectivity index (χ0v) is 14.8. The highest BCUT2D eigenvalue weighted by Crippen LogP contribution is 2.39. The fourth-order valence-corrected chi connectivity index (χ4v) is 4.08. The second kappa shape index (κ2) is 7.61. The van der Waals surface area contributed by atoms with Crippen molar-refractivity contribution in [3.63, 3.8) is 0 Å². The van der Waals surface area contributed by atoms with Gasteiger partial charge < -0.3 is 14.1 Å². The third-order valence-corrected chi connectivity index (χ3v) is 5.19. The number of rotatable bonds is 6. The number of ether oxygens (including phenoxy) is 1. The van der Waals surface area contributed by atoms with Gasteiger partial charge in [-0.15, -0.1) is 10.2 Å². The Morgan fingerprint density at radius 2 is 2.17 bits per heavy atom. The van der Waals surface area contributed by atoms with Crippen molar-refractivity contribution in [3.05, 3.63) is 11.8 Å². The van der Waals surface area contributed by atoms with E-state index in [1.807, 2.05) is 11.8 Å². The summed E-state index contributed by atoms with van der Waals surface area (Å²) in [5.74, 6) is 1.60. The van der Waals surface area contributed by atoms with Crippen molar-refractivity contribution >= 4 is 5.91 Å². The lowest BCUT2D eigenvalue weighted by Gasteiger charge is -2.48. The minimum absolute atomic E-state index is 0.217. The van der Waals surface area contributed by atoms with Crippen molar-refractivity contribution in [2.75, 3.05) is 39.9 Å². The maximum absolute atomic E-state index is 12.2. The molecule has 2 aliphatic rings. The molecule has 0 unspecified atom stereocenters. The van der Waals surface area contributed by atoms with Gasteiger partial charge in [0.15, 0.2) is 0 Å². The van der Waals surface area contributed by atoms with Crippen molar-refractivity contribution in [3.8, 4) is 0 Å². The van der Waals surface area contributed by atoms with Crippen LogP contribution in [0.3, 0.4) is 0 Å². The smallest absolute Gasteiger partial charge is 0.230 e. The zero-order chi connectivity index (χ0) is 17.0. The van der Waals surface area contributed by atoms with Gasteiger partial charge in [-0.05, 0) is 32.2 Å². The predicted molar refractivity (Wildman–Crippen MR) is 88.3 cm³/mol. The number of likely N-dealkylation sites (tertiary alicyclic amines) is 2. The van der Waals surface area contributed by atoms with E-state index in [1.165, 1.54) is 6.42 Å². The molecule has 1 atom stereocenters. The fourth-order valence-electron chi connectivity index (χ4n) is 4.08. The van der Waals surface area contributed by atoms with Crippen LogP contribution in [0.15, 0.2) is 4.42 Å². The molecule has 1 spiro atoms. The first-order chi connectivity index (χ1) is 11.6. The molecular formula is C17H28N4O3. The number of aromatic nitrogens is 2. The van der Waals surface area contributed by atoms with E-state index in [-0.39, 0.29) is 5.41 Å². The molecule has 0 aliphatic carbocycles. The number of piperidine rings is 2. The van der Waals surface area contributed by atoms with Crippen molar-refractivity contribution in [2.45, 2.75) is 45.6 Å². The van der Waals surface area contributed by atoms with E-state index in [4.69, 9.17) is 9.15 Å². The number of methoxy groups -OCH3 is 1. The number of hydrogen-bond donors (Lipinski definition) is 0. The summed E-state index contributed by atoms with van der Waals surface area (Å²) in [5, 5.41) is 8.03. The molecule has 2 fully saturated rings. The summed E-state index contributed by atoms with van der Waals surface area (Å²) in [6.07, 6.45) is 4.92. The number of hydrogen-bond acceptors (Lipinski definition) is 6. The first kappa shape index (κ1) is 17.4. The van der Waals surface area contributed by atoms with E-state index >= 15 is 0 Å². The molecule has 24 heavy (non-hydrogen) atoms. The highest BCUT2D eigenvalue weighted by atomic mass is 16.5. The van der Waals surface area contributed by atoms with Gasteiger partial charge in [0.2, 0.25) is 17.7 Å². The minimum Gasteiger partial charge on any atom is -0.424 e. The van der Waals surface area contributed by atoms with Gasteiger partial charge in [0, 0.05) is 52.1 Å². The molecule has 2 aliphatic heterocycles. The van der Waals surface area contributed by atoms with Gasteiger partial charge in [0.25, 0.3) is 0 Å². The summed E-state index contributed by atoms with van der Waals surface area (Å²) >= 11 is 0. The highest BCUT2D eigenvalue weighted by Gasteiger charge is 2.41. The molecule has 1 aromatic heterocycles. The Labute approximate surface area is 143 Å². The normalized spacial score (nSPS) is 25.6. The molecule has 7 heteroatoms. The lowest BCUT2D eigenvalue weighted by Crippen LogP contribution is -2.54. The van der Waals surface area contributed by atoms with E-state index in [0.29, 0.717) is 37.3 Å². The van der Waals surface area contributed by atoms with Crippen molar-refractivity contribution < 1.29 is 13.9 Å². The lowest BCUT2D eigenvalue weighted by molar-refractivity contribution is -0.139. The average molecular weight is 336 g/mol. The number of amides is 1. The largest absolute Gasteiger partial charge is 0.424 e. The Morgan fingerprint density at radius 1 is 1.29 bits per heavy atom. The molecular weight excluding hydrogens is 308 g/mol. The summed E-state index contributed by atoms with van der Waals surface area (Å²) in [6.45, 7) is 6.97. The first-order valence-electron chi connectivity index (χ1n) is 8.88. The summed E-state index contributed by atoms with van der Waals surface area (Å²) < 4.78 is 10.6. The van der Waals surface area contributed by atoms with Crippen LogP contribution in [-0.2, 0) is 16.1 Å². The molecule has 3 rings (SSSR count). The Bertz CT molecular complexity index is 562. The van der Waals surface area contributed by atoms with Gasteiger partial charge in [-0.25, -0.2) is 0 Å². The number of carbonyl (C=O) groups is 1. The van der Waals surface area contributed by atoms with Gasteiger partial charge in [-0.1, -0.05) is 0 Å². The Morgan fingerprint density at radius 3 is 2.92 bits per heavy atom. The summed E-state index contributed by atoms with van der Waals surface area (Å²) in [7, 11) is 1.71. The molecule has 134 valence electrons. The fraction of sp³-hybridized carbons (Fsp3) is 0.824.